The van der Waals surface area contributed by atoms with Gasteiger partial charge in [0.05, 0.1) is 7.11 Å². The van der Waals surface area contributed by atoms with E-state index in [4.69, 9.17) is 4.74 Å². The van der Waals surface area contributed by atoms with E-state index in [9.17, 15) is 9.18 Å². The van der Waals surface area contributed by atoms with E-state index in [1.807, 2.05) is 0 Å². The number of hydrogen-bond acceptors (Lipinski definition) is 3. The maximum Gasteiger partial charge on any atom is 0.186 e. The van der Waals surface area contributed by atoms with Gasteiger partial charge in [-0.15, -0.1) is 0 Å². The zero-order valence-corrected chi connectivity index (χ0v) is 13.7. The molecule has 1 aromatic carbocycles. The number of aromatic nitrogens is 1. The van der Waals surface area contributed by atoms with Gasteiger partial charge >= 0.3 is 0 Å². The van der Waals surface area contributed by atoms with Gasteiger partial charge in [-0.1, -0.05) is 12.1 Å². The van der Waals surface area contributed by atoms with Crippen LogP contribution in [0.15, 0.2) is 39.4 Å². The summed E-state index contributed by atoms with van der Waals surface area (Å²) in [5.41, 5.74) is 0.557. The minimum absolute atomic E-state index is 0.0731. The number of hydrogen-bond donors (Lipinski definition) is 0. The van der Waals surface area contributed by atoms with Crippen LogP contribution in [0.1, 0.15) is 16.1 Å². The highest BCUT2D eigenvalue weighted by molar-refractivity contribution is 9.11. The average molecular weight is 403 g/mol. The molecule has 0 unspecified atom stereocenters. The van der Waals surface area contributed by atoms with Gasteiger partial charge in [0.1, 0.15) is 5.69 Å². The maximum atomic E-state index is 14.0. The number of carbonyl (C=O) groups excluding carboxylic acids is 1. The first kappa shape index (κ1) is 15.1. The van der Waals surface area contributed by atoms with Gasteiger partial charge in [-0.2, -0.15) is 0 Å². The van der Waals surface area contributed by atoms with E-state index in [-0.39, 0.29) is 29.2 Å². The third kappa shape index (κ3) is 3.24. The Morgan fingerprint density at radius 3 is 2.80 bits per heavy atom. The molecule has 0 bridgehead atoms. The fourth-order valence-corrected chi connectivity index (χ4v) is 2.94. The van der Waals surface area contributed by atoms with Crippen LogP contribution in [0.5, 0.6) is 5.75 Å². The van der Waals surface area contributed by atoms with Gasteiger partial charge in [0.15, 0.2) is 17.3 Å². The summed E-state index contributed by atoms with van der Waals surface area (Å²) in [6, 6.07) is 6.44. The summed E-state index contributed by atoms with van der Waals surface area (Å²) in [6.07, 6.45) is 1.45. The molecule has 0 fully saturated rings. The molecule has 0 saturated carbocycles. The maximum absolute atomic E-state index is 14.0. The Labute approximate surface area is 132 Å². The number of Topliss-reactive ketones (excluding diaryl/α,β-unsaturated/α-hetero) is 1. The summed E-state index contributed by atoms with van der Waals surface area (Å²) < 4.78 is 20.2. The molecule has 0 N–H and O–H groups in total. The topological polar surface area (TPSA) is 39.2 Å². The standard InChI is InChI=1S/C14H10Br2FNO2/c1-20-12-4-2-3-8(13(12)17)5-11(19)14-10(16)6-9(15)7-18-14/h2-4,6-7H,5H2,1H3. The second kappa shape index (κ2) is 6.45. The number of rotatable bonds is 4. The van der Waals surface area contributed by atoms with Crippen molar-refractivity contribution in [3.05, 3.63) is 56.5 Å². The van der Waals surface area contributed by atoms with Crippen LogP contribution in [-0.2, 0) is 6.42 Å². The SMILES string of the molecule is COc1cccc(CC(=O)c2ncc(Br)cc2Br)c1F. The number of nitrogens with zero attached hydrogens (tertiary/aromatic N) is 1. The third-order valence-electron chi connectivity index (χ3n) is 2.69. The number of carbonyl (C=O) groups is 1. The predicted molar refractivity (Wildman–Crippen MR) is 80.6 cm³/mol. The summed E-state index contributed by atoms with van der Waals surface area (Å²) in [6.45, 7) is 0. The molecular weight excluding hydrogens is 393 g/mol. The smallest absolute Gasteiger partial charge is 0.186 e. The van der Waals surface area contributed by atoms with Crippen LogP contribution in [0, 0.1) is 5.82 Å². The first-order valence-corrected chi connectivity index (χ1v) is 7.27. The van der Waals surface area contributed by atoms with Crippen LogP contribution in [-0.4, -0.2) is 17.9 Å². The number of methoxy groups -OCH3 is 1. The number of ether oxygens (including phenoxy) is 1. The molecule has 2 aromatic rings. The quantitative estimate of drug-likeness (QED) is 0.720. The van der Waals surface area contributed by atoms with Crippen molar-refractivity contribution in [2.75, 3.05) is 7.11 Å². The van der Waals surface area contributed by atoms with Crippen LogP contribution >= 0.6 is 31.9 Å². The minimum atomic E-state index is -0.517. The second-order valence-corrected chi connectivity index (χ2v) is 5.79. The lowest BCUT2D eigenvalue weighted by Crippen LogP contribution is -2.08. The molecule has 1 heterocycles. The van der Waals surface area contributed by atoms with Gasteiger partial charge in [0.25, 0.3) is 0 Å². The van der Waals surface area contributed by atoms with Crippen LogP contribution < -0.4 is 4.74 Å². The molecule has 0 aliphatic carbocycles. The number of halogens is 3. The molecule has 1 aromatic heterocycles. The monoisotopic (exact) mass is 401 g/mol. The molecule has 0 amide bonds. The lowest BCUT2D eigenvalue weighted by Gasteiger charge is -2.07. The second-order valence-electron chi connectivity index (χ2n) is 4.02. The van der Waals surface area contributed by atoms with Crippen molar-refractivity contribution in [1.29, 1.82) is 0 Å². The van der Waals surface area contributed by atoms with E-state index in [2.05, 4.69) is 36.8 Å². The lowest BCUT2D eigenvalue weighted by atomic mass is 10.1. The first-order chi connectivity index (χ1) is 9.52. The Morgan fingerprint density at radius 1 is 1.40 bits per heavy atom. The third-order valence-corrected chi connectivity index (χ3v) is 3.72. The molecule has 104 valence electrons. The molecule has 2 rings (SSSR count). The largest absolute Gasteiger partial charge is 0.494 e. The summed E-state index contributed by atoms with van der Waals surface area (Å²) in [5, 5.41) is 0. The van der Waals surface area contributed by atoms with E-state index < -0.39 is 5.82 Å². The van der Waals surface area contributed by atoms with E-state index >= 15 is 0 Å². The highest BCUT2D eigenvalue weighted by atomic mass is 79.9. The van der Waals surface area contributed by atoms with Crippen LogP contribution in [0.2, 0.25) is 0 Å². The zero-order valence-electron chi connectivity index (χ0n) is 10.5. The fraction of sp³-hybridized carbons (Fsp3) is 0.143. The molecule has 0 atom stereocenters. The highest BCUT2D eigenvalue weighted by Gasteiger charge is 2.16. The van der Waals surface area contributed by atoms with E-state index in [1.54, 1.807) is 18.2 Å². The molecule has 0 aliphatic heterocycles. The molecule has 0 aliphatic rings. The summed E-state index contributed by atoms with van der Waals surface area (Å²) >= 11 is 6.54. The van der Waals surface area contributed by atoms with Crippen molar-refractivity contribution in [3.8, 4) is 5.75 Å². The molecular formula is C14H10Br2FNO2. The van der Waals surface area contributed by atoms with Crippen molar-refractivity contribution >= 4 is 37.6 Å². The van der Waals surface area contributed by atoms with Gasteiger partial charge in [-0.05, 0) is 49.6 Å². The van der Waals surface area contributed by atoms with Crippen LogP contribution in [0.3, 0.4) is 0 Å². The van der Waals surface area contributed by atoms with Crippen molar-refractivity contribution in [3.63, 3.8) is 0 Å². The van der Waals surface area contributed by atoms with Gasteiger partial charge in [0.2, 0.25) is 0 Å². The minimum Gasteiger partial charge on any atom is -0.494 e. The zero-order chi connectivity index (χ0) is 14.7. The fourth-order valence-electron chi connectivity index (χ4n) is 1.73. The highest BCUT2D eigenvalue weighted by Crippen LogP contribution is 2.24. The molecule has 0 spiro atoms. The lowest BCUT2D eigenvalue weighted by molar-refractivity contribution is 0.0986. The average Bonchev–Trinajstić information content (AvgIpc) is 2.41. The van der Waals surface area contributed by atoms with Crippen LogP contribution in [0.4, 0.5) is 4.39 Å². The summed E-state index contributed by atoms with van der Waals surface area (Å²) in [5.74, 6) is -0.661. The summed E-state index contributed by atoms with van der Waals surface area (Å²) in [7, 11) is 1.39. The number of pyridine rings is 1. The van der Waals surface area contributed by atoms with Gasteiger partial charge in [0, 0.05) is 21.6 Å². The molecule has 6 heteroatoms. The Kier molecular flexibility index (Phi) is 4.88. The van der Waals surface area contributed by atoms with E-state index in [0.29, 0.717) is 4.47 Å². The Balaban J connectivity index is 2.28. The normalized spacial score (nSPS) is 10.4. The van der Waals surface area contributed by atoms with Crippen molar-refractivity contribution in [2.45, 2.75) is 6.42 Å². The van der Waals surface area contributed by atoms with Crippen molar-refractivity contribution < 1.29 is 13.9 Å². The van der Waals surface area contributed by atoms with Gasteiger partial charge < -0.3 is 4.74 Å². The van der Waals surface area contributed by atoms with Gasteiger partial charge in [-0.25, -0.2) is 4.39 Å². The molecule has 0 saturated heterocycles. The van der Waals surface area contributed by atoms with Crippen molar-refractivity contribution in [2.24, 2.45) is 0 Å². The van der Waals surface area contributed by atoms with E-state index in [1.165, 1.54) is 19.4 Å². The summed E-state index contributed by atoms with van der Waals surface area (Å²) in [4.78, 5) is 16.2. The Morgan fingerprint density at radius 2 is 2.15 bits per heavy atom. The van der Waals surface area contributed by atoms with Crippen LogP contribution in [0.25, 0.3) is 0 Å². The van der Waals surface area contributed by atoms with Gasteiger partial charge in [-0.3, -0.25) is 9.78 Å². The Hall–Kier alpha value is -1.27. The molecule has 0 radical (unpaired) electrons. The number of ketones is 1. The first-order valence-electron chi connectivity index (χ1n) is 5.68. The predicted octanol–water partition coefficient (Wildman–Crippen LogP) is 4.18. The van der Waals surface area contributed by atoms with Crippen molar-refractivity contribution in [1.82, 2.24) is 4.98 Å². The Bertz CT molecular complexity index is 662. The van der Waals surface area contributed by atoms with E-state index in [0.717, 1.165) is 4.47 Å². The molecule has 20 heavy (non-hydrogen) atoms. The molecule has 3 nitrogen and oxygen atoms in total. The number of benzene rings is 1.